The van der Waals surface area contributed by atoms with E-state index in [2.05, 4.69) is 16.0 Å². The monoisotopic (exact) mass is 485 g/mol. The number of nitrogens with one attached hydrogen (secondary N) is 3. The molecule has 1 heterocycles. The van der Waals surface area contributed by atoms with E-state index < -0.39 is 29.0 Å². The van der Waals surface area contributed by atoms with Crippen LogP contribution in [-0.2, 0) is 9.59 Å². The second kappa shape index (κ2) is 9.72. The second-order valence-corrected chi connectivity index (χ2v) is 10.0. The molecule has 3 atom stereocenters. The average molecular weight is 486 g/mol. The number of rotatable bonds is 7. The first-order chi connectivity index (χ1) is 15.7. The van der Waals surface area contributed by atoms with Crippen molar-refractivity contribution in [2.75, 3.05) is 26.2 Å². The van der Waals surface area contributed by atoms with Crippen LogP contribution in [0, 0.1) is 17.2 Å². The molecule has 7 nitrogen and oxygen atoms in total. The molecular formula is C23H30ClF2N3O4. The van der Waals surface area contributed by atoms with Crippen LogP contribution in [0.25, 0.3) is 0 Å². The summed E-state index contributed by atoms with van der Waals surface area (Å²) >= 11 is 5.65. The van der Waals surface area contributed by atoms with Gasteiger partial charge >= 0.3 is 0 Å². The lowest BCUT2D eigenvalue weighted by atomic mass is 9.55. The van der Waals surface area contributed by atoms with Crippen molar-refractivity contribution in [3.63, 3.8) is 0 Å². The van der Waals surface area contributed by atoms with Gasteiger partial charge in [-0.15, -0.1) is 0 Å². The van der Waals surface area contributed by atoms with Crippen LogP contribution in [0.5, 0.6) is 5.75 Å². The Morgan fingerprint density at radius 3 is 2.67 bits per heavy atom. The highest BCUT2D eigenvalue weighted by atomic mass is 35.5. The van der Waals surface area contributed by atoms with Crippen LogP contribution in [0.15, 0.2) is 18.2 Å². The fourth-order valence-electron chi connectivity index (χ4n) is 5.42. The molecule has 4 fully saturated rings. The molecule has 4 aliphatic rings. The summed E-state index contributed by atoms with van der Waals surface area (Å²) in [6.07, 6.45) is 0.955. The Morgan fingerprint density at radius 2 is 2.00 bits per heavy atom. The number of amides is 2. The summed E-state index contributed by atoms with van der Waals surface area (Å²) in [6, 6.07) is 3.95. The molecule has 3 unspecified atom stereocenters. The molecule has 1 aliphatic heterocycles. The van der Waals surface area contributed by atoms with Crippen LogP contribution in [0.4, 0.5) is 8.78 Å². The Hall–Kier alpha value is -1.97. The van der Waals surface area contributed by atoms with Crippen molar-refractivity contribution in [2.24, 2.45) is 11.3 Å². The minimum absolute atomic E-state index is 0.0291. The predicted octanol–water partition coefficient (Wildman–Crippen LogP) is 2.10. The molecule has 2 amide bonds. The van der Waals surface area contributed by atoms with Gasteiger partial charge in [-0.05, 0) is 63.1 Å². The molecule has 1 saturated heterocycles. The van der Waals surface area contributed by atoms with Gasteiger partial charge in [0.1, 0.15) is 17.7 Å². The number of carbonyl (C=O) groups excluding carboxylic acids is 2. The predicted molar refractivity (Wildman–Crippen MR) is 118 cm³/mol. The van der Waals surface area contributed by atoms with Crippen molar-refractivity contribution in [2.45, 2.75) is 56.3 Å². The summed E-state index contributed by atoms with van der Waals surface area (Å²) in [5.74, 6) is -0.967. The third kappa shape index (κ3) is 5.25. The molecule has 5 rings (SSSR count). The van der Waals surface area contributed by atoms with Gasteiger partial charge in [0.2, 0.25) is 5.91 Å². The summed E-state index contributed by atoms with van der Waals surface area (Å²) < 4.78 is 32.5. The molecule has 1 aromatic carbocycles. The van der Waals surface area contributed by atoms with Crippen molar-refractivity contribution >= 4 is 23.4 Å². The van der Waals surface area contributed by atoms with Crippen molar-refractivity contribution < 1.29 is 28.2 Å². The molecule has 33 heavy (non-hydrogen) atoms. The number of hydrogen-bond donors (Lipinski definition) is 4. The van der Waals surface area contributed by atoms with Gasteiger partial charge in [-0.3, -0.25) is 9.59 Å². The Bertz CT molecular complexity index is 894. The number of piperidine rings is 1. The van der Waals surface area contributed by atoms with E-state index in [1.165, 1.54) is 12.1 Å². The van der Waals surface area contributed by atoms with Gasteiger partial charge < -0.3 is 25.8 Å². The Kier molecular flexibility index (Phi) is 7.12. The fourth-order valence-corrected chi connectivity index (χ4v) is 5.54. The highest BCUT2D eigenvalue weighted by Gasteiger charge is 2.58. The lowest BCUT2D eigenvalue weighted by Crippen LogP contribution is -2.66. The molecule has 0 radical (unpaired) electrons. The highest BCUT2D eigenvalue weighted by molar-refractivity contribution is 6.30. The van der Waals surface area contributed by atoms with Gasteiger partial charge in [0.15, 0.2) is 6.61 Å². The zero-order chi connectivity index (χ0) is 23.6. The molecular weight excluding hydrogens is 456 g/mol. The number of benzene rings is 1. The van der Waals surface area contributed by atoms with Crippen molar-refractivity contribution in [3.05, 3.63) is 29.0 Å². The maximum Gasteiger partial charge on any atom is 0.258 e. The van der Waals surface area contributed by atoms with E-state index in [4.69, 9.17) is 16.3 Å². The molecule has 0 aromatic heterocycles. The number of fused-ring (bicyclic) bond motifs is 3. The van der Waals surface area contributed by atoms with Gasteiger partial charge in [-0.1, -0.05) is 11.6 Å². The Morgan fingerprint density at radius 1 is 1.24 bits per heavy atom. The largest absolute Gasteiger partial charge is 0.484 e. The number of halogens is 3. The molecule has 182 valence electrons. The summed E-state index contributed by atoms with van der Waals surface area (Å²) in [4.78, 5) is 25.5. The Labute approximate surface area is 196 Å². The molecule has 3 aliphatic carbocycles. The molecule has 1 aromatic rings. The van der Waals surface area contributed by atoms with Crippen LogP contribution in [0.3, 0.4) is 0 Å². The lowest BCUT2D eigenvalue weighted by molar-refractivity contribution is -0.156. The number of alkyl halides is 1. The fraction of sp³-hybridized carbons (Fsp3) is 0.652. The van der Waals surface area contributed by atoms with Gasteiger partial charge in [0, 0.05) is 24.7 Å². The number of ether oxygens (including phenoxy) is 1. The minimum atomic E-state index is -0.902. The molecule has 4 N–H and O–H groups in total. The van der Waals surface area contributed by atoms with Crippen molar-refractivity contribution in [1.29, 1.82) is 0 Å². The maximum atomic E-state index is 13.6. The van der Waals surface area contributed by atoms with E-state index in [1.54, 1.807) is 0 Å². The zero-order valence-electron chi connectivity index (χ0n) is 18.3. The molecule has 2 bridgehead atoms. The van der Waals surface area contributed by atoms with E-state index in [0.29, 0.717) is 51.7 Å². The van der Waals surface area contributed by atoms with Gasteiger partial charge in [0.05, 0.1) is 16.5 Å². The van der Waals surface area contributed by atoms with E-state index in [-0.39, 0.29) is 41.5 Å². The maximum absolute atomic E-state index is 13.6. The first-order valence-corrected chi connectivity index (χ1v) is 11.8. The second-order valence-electron chi connectivity index (χ2n) is 9.64. The third-order valence-corrected chi connectivity index (χ3v) is 7.68. The number of aliphatic hydroxyl groups excluding tert-OH is 1. The number of aliphatic hydroxyl groups is 1. The van der Waals surface area contributed by atoms with Gasteiger partial charge in [-0.2, -0.15) is 0 Å². The van der Waals surface area contributed by atoms with Crippen LogP contribution in [0.1, 0.15) is 38.5 Å². The quantitative estimate of drug-likeness (QED) is 0.474. The average Bonchev–Trinajstić information content (AvgIpc) is 2.79. The topological polar surface area (TPSA) is 99.7 Å². The standard InChI is InChI=1S/C23H30ClF2N3O4/c24-17-2-1-16(8-18(17)26)33-13-20(31)29-22-3-5-23(6-4-22,19(30)9-22)21(32)28-11-14-7-15(25)12-27-10-14/h1-2,8,14-15,19,27,30H,3-7,9-13H2,(H,28,32)(H,29,31). The normalized spacial score (nSPS) is 33.4. The van der Waals surface area contributed by atoms with Crippen LogP contribution in [0.2, 0.25) is 5.02 Å². The van der Waals surface area contributed by atoms with E-state index >= 15 is 0 Å². The third-order valence-electron chi connectivity index (χ3n) is 7.38. The summed E-state index contributed by atoms with van der Waals surface area (Å²) in [5, 5.41) is 19.8. The van der Waals surface area contributed by atoms with E-state index in [9.17, 15) is 23.5 Å². The minimum Gasteiger partial charge on any atom is -0.484 e. The lowest BCUT2D eigenvalue weighted by Gasteiger charge is -2.55. The highest BCUT2D eigenvalue weighted by Crippen LogP contribution is 2.52. The SMILES string of the molecule is O=C(COc1ccc(Cl)c(F)c1)NC12CCC(C(=O)NCC3CNCC(F)C3)(CC1)C(O)C2. The van der Waals surface area contributed by atoms with Crippen LogP contribution < -0.4 is 20.7 Å². The first-order valence-electron chi connectivity index (χ1n) is 11.4. The Balaban J connectivity index is 1.28. The number of hydrogen-bond acceptors (Lipinski definition) is 5. The van der Waals surface area contributed by atoms with Crippen LogP contribution in [-0.4, -0.2) is 61.0 Å². The molecule has 0 spiro atoms. The van der Waals surface area contributed by atoms with Crippen molar-refractivity contribution in [3.8, 4) is 5.75 Å². The summed E-state index contributed by atoms with van der Waals surface area (Å²) in [6.45, 7) is 1.10. The van der Waals surface area contributed by atoms with E-state index in [0.717, 1.165) is 6.07 Å². The summed E-state index contributed by atoms with van der Waals surface area (Å²) in [7, 11) is 0. The number of carbonyl (C=O) groups is 2. The smallest absolute Gasteiger partial charge is 0.258 e. The van der Waals surface area contributed by atoms with Gasteiger partial charge in [-0.25, -0.2) is 8.78 Å². The van der Waals surface area contributed by atoms with Gasteiger partial charge in [0.25, 0.3) is 5.91 Å². The van der Waals surface area contributed by atoms with Crippen molar-refractivity contribution in [1.82, 2.24) is 16.0 Å². The summed E-state index contributed by atoms with van der Waals surface area (Å²) in [5.41, 5.74) is -1.47. The first kappa shape index (κ1) is 24.2. The van der Waals surface area contributed by atoms with Crippen LogP contribution >= 0.6 is 11.6 Å². The molecule has 10 heteroatoms. The van der Waals surface area contributed by atoms with E-state index in [1.807, 2.05) is 0 Å². The zero-order valence-corrected chi connectivity index (χ0v) is 19.1. The molecule has 3 saturated carbocycles.